The molecule has 1 atom stereocenters. The van der Waals surface area contributed by atoms with Crippen LogP contribution in [-0.2, 0) is 21.4 Å². The van der Waals surface area contributed by atoms with E-state index in [0.717, 1.165) is 48.8 Å². The van der Waals surface area contributed by atoms with E-state index in [4.69, 9.17) is 9.47 Å². The number of benzene rings is 2. The van der Waals surface area contributed by atoms with Crippen molar-refractivity contribution in [3.8, 4) is 5.75 Å². The summed E-state index contributed by atoms with van der Waals surface area (Å²) in [6.45, 7) is 14.8. The highest BCUT2D eigenvalue weighted by molar-refractivity contribution is 5.92. The molecule has 4 nitrogen and oxygen atoms in total. The summed E-state index contributed by atoms with van der Waals surface area (Å²) < 4.78 is 11.4. The molecule has 4 heteroatoms. The van der Waals surface area contributed by atoms with Gasteiger partial charge >= 0.3 is 11.9 Å². The lowest BCUT2D eigenvalue weighted by atomic mass is 9.82. The van der Waals surface area contributed by atoms with Crippen molar-refractivity contribution < 1.29 is 19.1 Å². The zero-order valence-electron chi connectivity index (χ0n) is 22.1. The molecular weight excluding hydrogens is 424 g/mol. The van der Waals surface area contributed by atoms with Gasteiger partial charge in [-0.1, -0.05) is 78.1 Å². The van der Waals surface area contributed by atoms with E-state index in [1.807, 2.05) is 44.2 Å². The van der Waals surface area contributed by atoms with Gasteiger partial charge in [0.05, 0.1) is 18.1 Å². The van der Waals surface area contributed by atoms with Gasteiger partial charge < -0.3 is 9.47 Å². The van der Waals surface area contributed by atoms with E-state index in [9.17, 15) is 9.59 Å². The van der Waals surface area contributed by atoms with E-state index in [0.29, 0.717) is 24.3 Å². The fourth-order valence-corrected chi connectivity index (χ4v) is 4.02. The second-order valence-electron chi connectivity index (χ2n) is 10.1. The molecule has 2 aromatic carbocycles. The van der Waals surface area contributed by atoms with Crippen molar-refractivity contribution in [3.05, 3.63) is 64.2 Å². The Hall–Kier alpha value is -2.62. The van der Waals surface area contributed by atoms with Gasteiger partial charge in [0.25, 0.3) is 0 Å². The normalized spacial score (nSPS) is 12.3. The largest absolute Gasteiger partial charge is 0.466 e. The van der Waals surface area contributed by atoms with Crippen molar-refractivity contribution in [2.45, 2.75) is 98.3 Å². The van der Waals surface area contributed by atoms with Crippen molar-refractivity contribution in [3.63, 3.8) is 0 Å². The number of carbonyl (C=O) groups is 2. The van der Waals surface area contributed by atoms with Crippen LogP contribution in [0.3, 0.4) is 0 Å². The number of unbranched alkanes of at least 4 members (excludes halogenated alkanes) is 2. The summed E-state index contributed by atoms with van der Waals surface area (Å²) >= 11 is 0. The van der Waals surface area contributed by atoms with Crippen LogP contribution >= 0.6 is 0 Å². The molecule has 0 bridgehead atoms. The fraction of sp³-hybridized carbons (Fsp3) is 0.533. The van der Waals surface area contributed by atoms with Gasteiger partial charge in [0, 0.05) is 5.56 Å². The Balaban J connectivity index is 2.48. The van der Waals surface area contributed by atoms with Crippen LogP contribution in [0.1, 0.15) is 112 Å². The molecule has 0 aliphatic heterocycles. The van der Waals surface area contributed by atoms with Crippen LogP contribution in [0.5, 0.6) is 5.75 Å². The number of ether oxygens (including phenoxy) is 2. The summed E-state index contributed by atoms with van der Waals surface area (Å²) in [6.07, 6.45) is 5.76. The van der Waals surface area contributed by atoms with Crippen LogP contribution in [0.15, 0.2) is 36.4 Å². The molecule has 0 spiro atoms. The third-order valence-electron chi connectivity index (χ3n) is 6.17. The fourth-order valence-electron chi connectivity index (χ4n) is 4.02. The van der Waals surface area contributed by atoms with Gasteiger partial charge in [-0.2, -0.15) is 0 Å². The standard InChI is InChI=1S/C30H42O4/c1-8-11-13-22-15-17-23(18-16-22)28(31)34-27-21(4)19-24(30(5,6)7)20-26(27)25(14-12-9-2)29(32)33-10-3/h15-20,25H,8-14H2,1-7H3. The van der Waals surface area contributed by atoms with Crippen molar-refractivity contribution in [1.29, 1.82) is 0 Å². The van der Waals surface area contributed by atoms with Gasteiger partial charge in [-0.25, -0.2) is 4.79 Å². The maximum absolute atomic E-state index is 13.1. The van der Waals surface area contributed by atoms with Gasteiger partial charge in [0.1, 0.15) is 5.75 Å². The molecular formula is C30H42O4. The van der Waals surface area contributed by atoms with Crippen LogP contribution in [0.25, 0.3) is 0 Å². The Morgan fingerprint density at radius 1 is 0.941 bits per heavy atom. The quantitative estimate of drug-likeness (QED) is 0.252. The van der Waals surface area contributed by atoms with Gasteiger partial charge in [-0.15, -0.1) is 0 Å². The topological polar surface area (TPSA) is 52.6 Å². The predicted octanol–water partition coefficient (Wildman–Crippen LogP) is 7.69. The summed E-state index contributed by atoms with van der Waals surface area (Å²) in [4.78, 5) is 26.1. The Bertz CT molecular complexity index is 951. The minimum absolute atomic E-state index is 0.111. The minimum atomic E-state index is -0.472. The van der Waals surface area contributed by atoms with Crippen molar-refractivity contribution >= 4 is 11.9 Å². The molecule has 1 unspecified atom stereocenters. The summed E-state index contributed by atoms with van der Waals surface area (Å²) in [5.41, 5.74) is 4.30. The summed E-state index contributed by atoms with van der Waals surface area (Å²) in [6, 6.07) is 11.7. The number of esters is 2. The Morgan fingerprint density at radius 3 is 2.15 bits per heavy atom. The predicted molar refractivity (Wildman–Crippen MR) is 139 cm³/mol. The van der Waals surface area contributed by atoms with E-state index < -0.39 is 11.9 Å². The molecule has 0 N–H and O–H groups in total. The van der Waals surface area contributed by atoms with E-state index in [1.54, 1.807) is 0 Å². The first kappa shape index (κ1) is 27.6. The molecule has 34 heavy (non-hydrogen) atoms. The molecule has 0 fully saturated rings. The molecule has 0 amide bonds. The molecule has 0 saturated heterocycles. The third-order valence-corrected chi connectivity index (χ3v) is 6.17. The highest BCUT2D eigenvalue weighted by Gasteiger charge is 2.29. The number of rotatable bonds is 11. The molecule has 2 aromatic rings. The summed E-state index contributed by atoms with van der Waals surface area (Å²) in [5.74, 6) is -0.672. The van der Waals surface area contributed by atoms with Gasteiger partial charge in [-0.05, 0) is 67.3 Å². The number of hydrogen-bond donors (Lipinski definition) is 0. The molecule has 0 aliphatic rings. The van der Waals surface area contributed by atoms with Gasteiger partial charge in [0.15, 0.2) is 0 Å². The second kappa shape index (κ2) is 12.7. The lowest BCUT2D eigenvalue weighted by Crippen LogP contribution is -2.21. The minimum Gasteiger partial charge on any atom is -0.466 e. The lowest BCUT2D eigenvalue weighted by Gasteiger charge is -2.26. The highest BCUT2D eigenvalue weighted by Crippen LogP contribution is 2.38. The van der Waals surface area contributed by atoms with Crippen LogP contribution in [0.2, 0.25) is 0 Å². The van der Waals surface area contributed by atoms with Crippen molar-refractivity contribution in [2.75, 3.05) is 6.61 Å². The number of carbonyl (C=O) groups excluding carboxylic acids is 2. The Morgan fingerprint density at radius 2 is 1.59 bits per heavy atom. The van der Waals surface area contributed by atoms with E-state index in [-0.39, 0.29) is 11.4 Å². The highest BCUT2D eigenvalue weighted by atomic mass is 16.5. The maximum atomic E-state index is 13.1. The number of hydrogen-bond acceptors (Lipinski definition) is 4. The molecule has 0 radical (unpaired) electrons. The molecule has 0 aromatic heterocycles. The van der Waals surface area contributed by atoms with Gasteiger partial charge in [-0.3, -0.25) is 4.79 Å². The zero-order valence-corrected chi connectivity index (χ0v) is 22.1. The first-order valence-electron chi connectivity index (χ1n) is 12.7. The molecule has 186 valence electrons. The van der Waals surface area contributed by atoms with Crippen molar-refractivity contribution in [2.24, 2.45) is 0 Å². The number of aryl methyl sites for hydroxylation is 2. The summed E-state index contributed by atoms with van der Waals surface area (Å²) in [5, 5.41) is 0. The molecule has 0 aliphatic carbocycles. The summed E-state index contributed by atoms with van der Waals surface area (Å²) in [7, 11) is 0. The lowest BCUT2D eigenvalue weighted by molar-refractivity contribution is -0.145. The average molecular weight is 467 g/mol. The van der Waals surface area contributed by atoms with Crippen LogP contribution in [0, 0.1) is 6.92 Å². The van der Waals surface area contributed by atoms with E-state index >= 15 is 0 Å². The Kier molecular flexibility index (Phi) is 10.3. The van der Waals surface area contributed by atoms with E-state index in [1.165, 1.54) is 5.56 Å². The second-order valence-corrected chi connectivity index (χ2v) is 10.1. The van der Waals surface area contributed by atoms with Crippen LogP contribution in [-0.4, -0.2) is 18.5 Å². The van der Waals surface area contributed by atoms with E-state index in [2.05, 4.69) is 40.7 Å². The molecule has 2 rings (SSSR count). The first-order chi connectivity index (χ1) is 16.1. The van der Waals surface area contributed by atoms with Crippen molar-refractivity contribution in [1.82, 2.24) is 0 Å². The molecule has 0 saturated carbocycles. The van der Waals surface area contributed by atoms with Crippen LogP contribution < -0.4 is 4.74 Å². The first-order valence-corrected chi connectivity index (χ1v) is 12.7. The van der Waals surface area contributed by atoms with Crippen LogP contribution in [0.4, 0.5) is 0 Å². The SMILES string of the molecule is CCCCc1ccc(C(=O)Oc2c(C)cc(C(C)(C)C)cc2C(CCCC)C(=O)OCC)cc1. The average Bonchev–Trinajstić information content (AvgIpc) is 2.79. The zero-order chi connectivity index (χ0) is 25.3. The Labute approximate surface area is 206 Å². The monoisotopic (exact) mass is 466 g/mol. The molecule has 0 heterocycles. The maximum Gasteiger partial charge on any atom is 0.343 e. The smallest absolute Gasteiger partial charge is 0.343 e. The van der Waals surface area contributed by atoms with Gasteiger partial charge in [0.2, 0.25) is 0 Å². The third kappa shape index (κ3) is 7.44.